The maximum atomic E-state index is 11.5. The molecule has 94 valence electrons. The van der Waals surface area contributed by atoms with Crippen molar-refractivity contribution in [1.82, 2.24) is 5.32 Å². The number of halogens is 1. The van der Waals surface area contributed by atoms with Crippen molar-refractivity contribution in [3.05, 3.63) is 0 Å². The Labute approximate surface area is 100 Å². The van der Waals surface area contributed by atoms with Crippen LogP contribution in [-0.4, -0.2) is 43.6 Å². The lowest BCUT2D eigenvalue weighted by Crippen LogP contribution is -2.41. The largest absolute Gasteiger partial charge is 0.466 e. The molecule has 0 saturated heterocycles. The highest BCUT2D eigenvalue weighted by Gasteiger charge is 2.22. The first kappa shape index (κ1) is 15.2. The molecular formula is C10H18ClNO4. The highest BCUT2D eigenvalue weighted by molar-refractivity contribution is 6.18. The maximum absolute atomic E-state index is 11.5. The average molecular weight is 252 g/mol. The first-order valence-electron chi connectivity index (χ1n) is 5.27. The van der Waals surface area contributed by atoms with Gasteiger partial charge in [-0.05, 0) is 13.8 Å². The summed E-state index contributed by atoms with van der Waals surface area (Å²) in [4.78, 5) is 22.7. The lowest BCUT2D eigenvalue weighted by molar-refractivity contribution is -0.152. The Hall–Kier alpha value is -0.810. The molecule has 0 fully saturated rings. The second kappa shape index (κ2) is 9.42. The standard InChI is InChI=1S/C10H18ClNO4/c1-3-15-9(13)7-8(12-6-5-11)10(14)16-4-2/h8,12H,3-7H2,1-2H3/t8-/m0/s1. The van der Waals surface area contributed by atoms with Gasteiger partial charge < -0.3 is 14.8 Å². The van der Waals surface area contributed by atoms with Crippen molar-refractivity contribution in [2.24, 2.45) is 0 Å². The van der Waals surface area contributed by atoms with Crippen LogP contribution in [0, 0.1) is 0 Å². The number of carbonyl (C=O) groups excluding carboxylic acids is 2. The van der Waals surface area contributed by atoms with Gasteiger partial charge in [0.1, 0.15) is 6.04 Å². The van der Waals surface area contributed by atoms with Crippen LogP contribution in [0.25, 0.3) is 0 Å². The second-order valence-corrected chi connectivity index (χ2v) is 3.33. The Kier molecular flexibility index (Phi) is 8.94. The van der Waals surface area contributed by atoms with Crippen molar-refractivity contribution < 1.29 is 19.1 Å². The molecule has 0 heterocycles. The normalized spacial score (nSPS) is 11.9. The quantitative estimate of drug-likeness (QED) is 0.508. The van der Waals surface area contributed by atoms with E-state index in [2.05, 4.69) is 5.32 Å². The SMILES string of the molecule is CCOC(=O)C[C@H](NCCCl)C(=O)OCC. The lowest BCUT2D eigenvalue weighted by Gasteiger charge is -2.15. The number of nitrogens with one attached hydrogen (secondary N) is 1. The summed E-state index contributed by atoms with van der Waals surface area (Å²) in [6.45, 7) is 4.43. The molecule has 0 aliphatic carbocycles. The summed E-state index contributed by atoms with van der Waals surface area (Å²) in [5, 5.41) is 2.84. The highest BCUT2D eigenvalue weighted by Crippen LogP contribution is 1.99. The van der Waals surface area contributed by atoms with Gasteiger partial charge in [-0.2, -0.15) is 0 Å². The second-order valence-electron chi connectivity index (χ2n) is 2.96. The van der Waals surface area contributed by atoms with Crippen LogP contribution in [0.3, 0.4) is 0 Å². The van der Waals surface area contributed by atoms with E-state index in [-0.39, 0.29) is 13.0 Å². The van der Waals surface area contributed by atoms with E-state index in [0.717, 1.165) is 0 Å². The van der Waals surface area contributed by atoms with Crippen molar-refractivity contribution in [1.29, 1.82) is 0 Å². The summed E-state index contributed by atoms with van der Waals surface area (Å²) < 4.78 is 9.59. The van der Waals surface area contributed by atoms with Gasteiger partial charge in [-0.3, -0.25) is 9.59 Å². The molecule has 5 nitrogen and oxygen atoms in total. The molecule has 0 radical (unpaired) electrons. The topological polar surface area (TPSA) is 64.6 Å². The van der Waals surface area contributed by atoms with E-state index < -0.39 is 18.0 Å². The number of ether oxygens (including phenoxy) is 2. The summed E-state index contributed by atoms with van der Waals surface area (Å²) in [7, 11) is 0. The molecule has 0 aliphatic rings. The molecule has 0 aliphatic heterocycles. The Morgan fingerprint density at radius 3 is 2.38 bits per heavy atom. The van der Waals surface area contributed by atoms with Crippen LogP contribution in [0.5, 0.6) is 0 Å². The fourth-order valence-corrected chi connectivity index (χ4v) is 1.21. The first-order chi connectivity index (χ1) is 7.65. The van der Waals surface area contributed by atoms with Crippen LogP contribution in [0.1, 0.15) is 20.3 Å². The maximum Gasteiger partial charge on any atom is 0.323 e. The zero-order chi connectivity index (χ0) is 12.4. The Morgan fingerprint density at radius 1 is 1.25 bits per heavy atom. The minimum atomic E-state index is -0.683. The molecule has 1 N–H and O–H groups in total. The van der Waals surface area contributed by atoms with Crippen LogP contribution >= 0.6 is 11.6 Å². The third kappa shape index (κ3) is 6.63. The first-order valence-corrected chi connectivity index (χ1v) is 5.80. The van der Waals surface area contributed by atoms with Crippen molar-refractivity contribution >= 4 is 23.5 Å². The molecule has 6 heteroatoms. The number of hydrogen-bond donors (Lipinski definition) is 1. The fraction of sp³-hybridized carbons (Fsp3) is 0.800. The molecule has 0 aromatic carbocycles. The number of alkyl halides is 1. The predicted octanol–water partition coefficient (Wildman–Crippen LogP) is 0.700. The van der Waals surface area contributed by atoms with Crippen LogP contribution in [0.15, 0.2) is 0 Å². The minimum Gasteiger partial charge on any atom is -0.466 e. The van der Waals surface area contributed by atoms with Gasteiger partial charge in [-0.25, -0.2) is 0 Å². The average Bonchev–Trinajstić information content (AvgIpc) is 2.24. The van der Waals surface area contributed by atoms with E-state index in [9.17, 15) is 9.59 Å². The Balaban J connectivity index is 4.18. The molecule has 0 aromatic heterocycles. The smallest absolute Gasteiger partial charge is 0.323 e. The summed E-state index contributed by atoms with van der Waals surface area (Å²) in [5.41, 5.74) is 0. The summed E-state index contributed by atoms with van der Waals surface area (Å²) in [6.07, 6.45) is -0.0381. The highest BCUT2D eigenvalue weighted by atomic mass is 35.5. The molecule has 0 saturated carbocycles. The molecule has 0 rings (SSSR count). The molecular weight excluding hydrogens is 234 g/mol. The molecule has 0 bridgehead atoms. The molecule has 0 aromatic rings. The van der Waals surface area contributed by atoms with Crippen molar-refractivity contribution in [3.8, 4) is 0 Å². The molecule has 1 atom stereocenters. The van der Waals surface area contributed by atoms with Gasteiger partial charge in [0.05, 0.1) is 19.6 Å². The van der Waals surface area contributed by atoms with Gasteiger partial charge in [-0.1, -0.05) is 0 Å². The van der Waals surface area contributed by atoms with Crippen molar-refractivity contribution in [2.45, 2.75) is 26.3 Å². The lowest BCUT2D eigenvalue weighted by atomic mass is 10.2. The number of carbonyl (C=O) groups is 2. The Bertz CT molecular complexity index is 223. The van der Waals surface area contributed by atoms with Crippen molar-refractivity contribution in [2.75, 3.05) is 25.6 Å². The number of hydrogen-bond acceptors (Lipinski definition) is 5. The molecule has 0 amide bonds. The van der Waals surface area contributed by atoms with Gasteiger partial charge in [0.2, 0.25) is 0 Å². The van der Waals surface area contributed by atoms with E-state index in [1.54, 1.807) is 13.8 Å². The zero-order valence-electron chi connectivity index (χ0n) is 9.62. The van der Waals surface area contributed by atoms with Gasteiger partial charge in [0.15, 0.2) is 0 Å². The number of esters is 2. The van der Waals surface area contributed by atoms with E-state index in [1.807, 2.05) is 0 Å². The third-order valence-corrected chi connectivity index (χ3v) is 1.92. The molecule has 0 unspecified atom stereocenters. The van der Waals surface area contributed by atoms with Crippen LogP contribution in [0.2, 0.25) is 0 Å². The monoisotopic (exact) mass is 251 g/mol. The third-order valence-electron chi connectivity index (χ3n) is 1.73. The summed E-state index contributed by atoms with van der Waals surface area (Å²) >= 11 is 5.49. The van der Waals surface area contributed by atoms with Gasteiger partial charge in [0.25, 0.3) is 0 Å². The van der Waals surface area contributed by atoms with E-state index >= 15 is 0 Å². The van der Waals surface area contributed by atoms with Gasteiger partial charge in [-0.15, -0.1) is 11.6 Å². The zero-order valence-corrected chi connectivity index (χ0v) is 10.4. The summed E-state index contributed by atoms with van der Waals surface area (Å²) in [6, 6.07) is -0.683. The van der Waals surface area contributed by atoms with Crippen LogP contribution < -0.4 is 5.32 Å². The van der Waals surface area contributed by atoms with Crippen molar-refractivity contribution in [3.63, 3.8) is 0 Å². The molecule has 16 heavy (non-hydrogen) atoms. The summed E-state index contributed by atoms with van der Waals surface area (Å²) in [5.74, 6) is -0.526. The van der Waals surface area contributed by atoms with Crippen LogP contribution in [0.4, 0.5) is 0 Å². The van der Waals surface area contributed by atoms with Gasteiger partial charge in [0, 0.05) is 12.4 Å². The number of rotatable bonds is 8. The minimum absolute atomic E-state index is 0.0381. The predicted molar refractivity (Wildman–Crippen MR) is 60.4 cm³/mol. The van der Waals surface area contributed by atoms with Crippen LogP contribution in [-0.2, 0) is 19.1 Å². The molecule has 0 spiro atoms. The van der Waals surface area contributed by atoms with Gasteiger partial charge >= 0.3 is 11.9 Å². The van der Waals surface area contributed by atoms with E-state index in [0.29, 0.717) is 19.0 Å². The van der Waals surface area contributed by atoms with E-state index in [4.69, 9.17) is 21.1 Å². The Morgan fingerprint density at radius 2 is 1.88 bits per heavy atom. The van der Waals surface area contributed by atoms with E-state index in [1.165, 1.54) is 0 Å². The fourth-order valence-electron chi connectivity index (χ4n) is 1.10.